The fourth-order valence-electron chi connectivity index (χ4n) is 13.3. The van der Waals surface area contributed by atoms with Gasteiger partial charge in [-0.25, -0.2) is 4.79 Å². The first-order valence-corrected chi connectivity index (χ1v) is 40.4. The highest BCUT2D eigenvalue weighted by Gasteiger charge is 2.79. The van der Waals surface area contributed by atoms with E-state index >= 15 is 9.59 Å². The number of hydrogen-bond donors (Lipinski definition) is 2. The molecule has 11 atom stereocenters. The molecule has 2 bridgehead atoms. The van der Waals surface area contributed by atoms with Crippen LogP contribution in [0.1, 0.15) is 173 Å². The lowest BCUT2D eigenvalue weighted by molar-refractivity contribution is -0.346. The van der Waals surface area contributed by atoms with Gasteiger partial charge in [-0.1, -0.05) is 151 Å². The lowest BCUT2D eigenvalue weighted by Gasteiger charge is -2.68. The first-order valence-electron chi connectivity index (χ1n) is 30.2. The van der Waals surface area contributed by atoms with Gasteiger partial charge in [0.25, 0.3) is 0 Å². The molecule has 1 heterocycles. The molecule has 1 aromatic rings. The number of fused-ring (bicyclic) bond motifs is 5. The third-order valence-electron chi connectivity index (χ3n) is 20.1. The molecule has 5 rings (SSSR count). The maximum Gasteiger partial charge on any atom is 0.337 e. The lowest BCUT2D eigenvalue weighted by atomic mass is 9.44. The zero-order valence-corrected chi connectivity index (χ0v) is 57.7. The molecule has 3 fully saturated rings. The number of nitrogens with one attached hydrogen (secondary N) is 1. The van der Waals surface area contributed by atoms with Gasteiger partial charge in [-0.3, -0.25) is 19.2 Å². The Morgan fingerprint density at radius 1 is 0.812 bits per heavy atom. The van der Waals surface area contributed by atoms with Crippen molar-refractivity contribution in [2.45, 2.75) is 269 Å². The van der Waals surface area contributed by atoms with Crippen LogP contribution in [0.15, 0.2) is 41.5 Å². The molecule has 0 unspecified atom stereocenters. The minimum atomic E-state index is -2.87. The van der Waals surface area contributed by atoms with Crippen LogP contribution in [0, 0.1) is 16.7 Å². The molecular weight excluding hydrogens is 1200 g/mol. The van der Waals surface area contributed by atoms with E-state index in [4.69, 9.17) is 32.2 Å². The number of alkyl halides is 2. The summed E-state index contributed by atoms with van der Waals surface area (Å²) in [6.07, 6.45) is -2.38. The Balaban J connectivity index is 1.88. The van der Waals surface area contributed by atoms with Crippen molar-refractivity contribution in [1.29, 1.82) is 0 Å². The number of halogens is 2. The Hall–Kier alpha value is -2.08. The van der Waals surface area contributed by atoms with Gasteiger partial charge in [0.2, 0.25) is 5.91 Å². The highest BCUT2D eigenvalue weighted by molar-refractivity contribution is 9.09. The molecule has 1 aromatic carbocycles. The summed E-state index contributed by atoms with van der Waals surface area (Å²) < 4.78 is 49.4. The predicted molar refractivity (Wildman–Crippen MR) is 329 cm³/mol. The normalized spacial score (nSPS) is 28.5. The molecule has 1 amide bonds. The van der Waals surface area contributed by atoms with Gasteiger partial charge in [0.05, 0.1) is 30.1 Å². The number of carbonyl (C=O) groups excluding carboxylic acids is 5. The van der Waals surface area contributed by atoms with Crippen molar-refractivity contribution in [1.82, 2.24) is 5.32 Å². The number of rotatable bonds is 29. The van der Waals surface area contributed by atoms with E-state index in [2.05, 4.69) is 113 Å². The fraction of sp³-hybridized carbons (Fsp3) is 0.787. The maximum absolute atomic E-state index is 17.2. The highest BCUT2D eigenvalue weighted by atomic mass is 79.9. The number of hydrogen-bond acceptors (Lipinski definition) is 13. The number of unbranched alkanes of at least 4 members (excludes halogenated alkanes) is 4. The van der Waals surface area contributed by atoms with Crippen LogP contribution in [-0.4, -0.2) is 125 Å². The number of esters is 3. The van der Waals surface area contributed by atoms with E-state index in [1.165, 1.54) is 6.92 Å². The topological polar surface area (TPSA) is 182 Å². The van der Waals surface area contributed by atoms with Gasteiger partial charge in [0.15, 0.2) is 42.4 Å². The Labute approximate surface area is 500 Å². The van der Waals surface area contributed by atoms with E-state index in [0.29, 0.717) is 47.7 Å². The first kappa shape index (κ1) is 68.7. The van der Waals surface area contributed by atoms with Crippen LogP contribution in [0.3, 0.4) is 0 Å². The largest absolute Gasteiger partial charge is 0.459 e. The van der Waals surface area contributed by atoms with Crippen molar-refractivity contribution >= 4 is 86.4 Å². The molecule has 19 heteroatoms. The summed E-state index contributed by atoms with van der Waals surface area (Å²) in [4.78, 5) is 75.8. The summed E-state index contributed by atoms with van der Waals surface area (Å²) in [6.45, 7) is 31.8. The molecule has 1 saturated heterocycles. The zero-order valence-electron chi connectivity index (χ0n) is 51.5. The van der Waals surface area contributed by atoms with Gasteiger partial charge in [0.1, 0.15) is 30.0 Å². The van der Waals surface area contributed by atoms with Crippen molar-refractivity contribution in [3.63, 3.8) is 0 Å². The van der Waals surface area contributed by atoms with Gasteiger partial charge in [-0.05, 0) is 111 Å². The molecule has 0 spiro atoms. The molecule has 2 saturated carbocycles. The van der Waals surface area contributed by atoms with Crippen molar-refractivity contribution in [3.8, 4) is 0 Å². The standard InChI is InChI=1S/C61H101Br2NO13Si3/c1-17-79(18-2,19-3)75-45-38-46-60(40-71-46,74-42(8)65)53-55(73-48(67)35-29-25-31-37-63)61(70)39-44(41(7)49(58(61,12)13)51(54(68)59(45,53)14)77-80(20-4,21-5)22-6)72-56(69)52(76-78(15,16)57(9,10)11)50(43-32-26-23-27-33-43)64-47(66)34-28-24-30-36-62/h23,26-27,32-33,44-46,50-53,55,70H,17-22,24-25,28-31,34-40H2,1-16H3,(H,64,66)/t44-,45-,46+,50-,51+,52+,53-,55-,59+,60-,61+/m0/s1. The predicted octanol–water partition coefficient (Wildman–Crippen LogP) is 13.5. The quantitative estimate of drug-likeness (QED) is 0.0193. The molecular formula is C61H101Br2NO13Si3. The average molecular weight is 1300 g/mol. The second kappa shape index (κ2) is 28.0. The minimum Gasteiger partial charge on any atom is -0.459 e. The number of ether oxygens (including phenoxy) is 4. The maximum atomic E-state index is 17.2. The third-order valence-corrected chi connectivity index (χ3v) is 34.9. The van der Waals surface area contributed by atoms with Gasteiger partial charge in [-0.15, -0.1) is 0 Å². The smallest absolute Gasteiger partial charge is 0.337 e. The summed E-state index contributed by atoms with van der Waals surface area (Å²) in [5, 5.41) is 19.1. The van der Waals surface area contributed by atoms with Crippen molar-refractivity contribution < 1.29 is 61.3 Å². The Bertz CT molecular complexity index is 2310. The number of Topliss-reactive ketones (excluding diaryl/α,β-unsaturated/α-hetero) is 1. The molecule has 2 N–H and O–H groups in total. The molecule has 1 aliphatic heterocycles. The Morgan fingerprint density at radius 2 is 1.36 bits per heavy atom. The molecule has 0 radical (unpaired) electrons. The minimum absolute atomic E-state index is 0.0222. The Morgan fingerprint density at radius 3 is 1.86 bits per heavy atom. The van der Waals surface area contributed by atoms with Crippen LogP contribution in [0.25, 0.3) is 0 Å². The van der Waals surface area contributed by atoms with Gasteiger partial charge in [0, 0.05) is 48.7 Å². The summed E-state index contributed by atoms with van der Waals surface area (Å²) in [6, 6.07) is 12.7. The molecule has 0 aromatic heterocycles. The van der Waals surface area contributed by atoms with Crippen LogP contribution >= 0.6 is 31.9 Å². The molecule has 454 valence electrons. The molecule has 3 aliphatic carbocycles. The van der Waals surface area contributed by atoms with Gasteiger partial charge >= 0.3 is 17.9 Å². The summed E-state index contributed by atoms with van der Waals surface area (Å²) in [5.41, 5.74) is -5.12. The number of benzene rings is 1. The van der Waals surface area contributed by atoms with E-state index < -0.39 is 113 Å². The molecule has 4 aliphatic rings. The van der Waals surface area contributed by atoms with E-state index in [9.17, 15) is 19.5 Å². The van der Waals surface area contributed by atoms with Crippen LogP contribution in [0.4, 0.5) is 0 Å². The van der Waals surface area contributed by atoms with Crippen LogP contribution in [-0.2, 0) is 56.2 Å². The molecule has 80 heavy (non-hydrogen) atoms. The number of amides is 1. The third kappa shape index (κ3) is 13.9. The lowest BCUT2D eigenvalue weighted by Crippen LogP contribution is -2.82. The van der Waals surface area contributed by atoms with Gasteiger partial charge in [-0.2, -0.15) is 0 Å². The second-order valence-electron chi connectivity index (χ2n) is 25.7. The number of ketones is 1. The number of carbonyl (C=O) groups is 5. The summed E-state index contributed by atoms with van der Waals surface area (Å²) in [5.74, 6) is -3.75. The fourth-order valence-corrected chi connectivity index (χ4v) is 21.0. The van der Waals surface area contributed by atoms with E-state index in [-0.39, 0.29) is 49.0 Å². The SMILES string of the molecule is CC[Si](CC)(CC)O[C@H]1C(=O)[C@]2(C)[C@@H](O[Si](CC)(CC)CC)C[C@H]3OC[C@@]3(OC(C)=O)[C@H]2[C@H](OC(=O)CCCCCBr)[C@]2(O)C[C@H](OC(=O)[C@H](O[Si](C)(C)C(C)(C)C)[C@@H](NC(=O)CCCCCBr)c3ccccc3)C(C)=C1C2(C)C. The van der Waals surface area contributed by atoms with Crippen LogP contribution < -0.4 is 5.32 Å². The average Bonchev–Trinajstić information content (AvgIpc) is 3.59. The number of aliphatic hydroxyl groups is 1. The van der Waals surface area contributed by atoms with E-state index in [1.807, 2.05) is 58.0 Å². The monoisotopic (exact) mass is 1300 g/mol. The van der Waals surface area contributed by atoms with E-state index in [0.717, 1.165) is 54.5 Å². The zero-order chi connectivity index (χ0) is 59.9. The summed E-state index contributed by atoms with van der Waals surface area (Å²) >= 11 is 7.02. The van der Waals surface area contributed by atoms with Crippen molar-refractivity contribution in [3.05, 3.63) is 47.0 Å². The van der Waals surface area contributed by atoms with Crippen molar-refractivity contribution in [2.24, 2.45) is 16.7 Å². The van der Waals surface area contributed by atoms with Gasteiger partial charge < -0.3 is 42.6 Å². The second-order valence-corrected chi connectivity index (χ2v) is 41.5. The molecule has 14 nitrogen and oxygen atoms in total. The van der Waals surface area contributed by atoms with Crippen LogP contribution in [0.5, 0.6) is 0 Å². The Kier molecular flexibility index (Phi) is 24.0. The van der Waals surface area contributed by atoms with Crippen molar-refractivity contribution in [2.75, 3.05) is 17.3 Å². The van der Waals surface area contributed by atoms with Crippen LogP contribution in [0.2, 0.25) is 54.4 Å². The van der Waals surface area contributed by atoms with E-state index in [1.54, 1.807) is 0 Å². The summed E-state index contributed by atoms with van der Waals surface area (Å²) in [7, 11) is -8.25. The first-order chi connectivity index (χ1) is 37.5. The highest BCUT2D eigenvalue weighted by Crippen LogP contribution is 2.65.